The number of benzene rings is 1. The molecule has 0 heterocycles. The van der Waals surface area contributed by atoms with Gasteiger partial charge in [0.15, 0.2) is 0 Å². The molecule has 1 aromatic carbocycles. The number of carbonyl (C=O) groups excluding carboxylic acids is 1. The molecule has 21 heavy (non-hydrogen) atoms. The molecule has 0 saturated heterocycles. The summed E-state index contributed by atoms with van der Waals surface area (Å²) in [5.74, 6) is -0.00738. The zero-order valence-corrected chi connectivity index (χ0v) is 13.5. The summed E-state index contributed by atoms with van der Waals surface area (Å²) in [6.07, 6.45) is 4.66. The Hall–Kier alpha value is -1.26. The predicted molar refractivity (Wildman–Crippen MR) is 88.6 cm³/mol. The Morgan fingerprint density at radius 1 is 1.52 bits per heavy atom. The topological polar surface area (TPSA) is 58.4 Å². The number of nitrogens with zero attached hydrogens (tertiary/aromatic N) is 1. The number of rotatable bonds is 7. The minimum atomic E-state index is -0.140. The second-order valence-electron chi connectivity index (χ2n) is 5.72. The summed E-state index contributed by atoms with van der Waals surface area (Å²) in [5, 5.41) is 3.48. The predicted octanol–water partition coefficient (Wildman–Crippen LogP) is 3.51. The molecule has 1 amide bonds. The molecule has 1 aliphatic rings. The van der Waals surface area contributed by atoms with Crippen LogP contribution >= 0.6 is 11.6 Å². The van der Waals surface area contributed by atoms with Gasteiger partial charge in [0.25, 0.3) is 0 Å². The highest BCUT2D eigenvalue weighted by molar-refractivity contribution is 6.31. The van der Waals surface area contributed by atoms with Gasteiger partial charge in [0, 0.05) is 11.1 Å². The van der Waals surface area contributed by atoms with Crippen LogP contribution in [0.5, 0.6) is 0 Å². The third kappa shape index (κ3) is 4.35. The lowest BCUT2D eigenvalue weighted by Gasteiger charge is -2.28. The van der Waals surface area contributed by atoms with Gasteiger partial charge in [-0.25, -0.2) is 0 Å². The molecule has 0 aromatic heterocycles. The van der Waals surface area contributed by atoms with Crippen molar-refractivity contribution in [2.45, 2.75) is 51.6 Å². The Kier molecular flexibility index (Phi) is 5.48. The number of carbonyl (C=O) groups is 1. The molecule has 116 valence electrons. The third-order valence-corrected chi connectivity index (χ3v) is 4.17. The minimum Gasteiger partial charge on any atom is -0.397 e. The lowest BCUT2D eigenvalue weighted by Crippen LogP contribution is -2.44. The van der Waals surface area contributed by atoms with E-state index in [0.717, 1.165) is 19.4 Å². The first kappa shape index (κ1) is 16.1. The van der Waals surface area contributed by atoms with Gasteiger partial charge in [-0.05, 0) is 50.9 Å². The lowest BCUT2D eigenvalue weighted by atomic mass is 10.2. The molecule has 1 atom stereocenters. The quantitative estimate of drug-likeness (QED) is 0.758. The van der Waals surface area contributed by atoms with Gasteiger partial charge in [0.1, 0.15) is 0 Å². The van der Waals surface area contributed by atoms with Crippen molar-refractivity contribution in [2.75, 3.05) is 17.6 Å². The van der Waals surface area contributed by atoms with Crippen LogP contribution in [0.1, 0.15) is 39.5 Å². The van der Waals surface area contributed by atoms with Crippen LogP contribution in [0.25, 0.3) is 0 Å². The molecule has 3 N–H and O–H groups in total. The standard InChI is InChI=1S/C16H24ClN3O/c1-3-4-9-20(13-6-7-13)11(2)16(21)19-15-8-5-12(17)10-14(15)18/h5,8,10-11,13H,3-4,6-7,9,18H2,1-2H3,(H,19,21). The smallest absolute Gasteiger partial charge is 0.241 e. The second-order valence-corrected chi connectivity index (χ2v) is 6.16. The summed E-state index contributed by atoms with van der Waals surface area (Å²) in [7, 11) is 0. The SMILES string of the molecule is CCCCN(C1CC1)C(C)C(=O)Nc1ccc(Cl)cc1N. The normalized spacial score (nSPS) is 16.0. The Balaban J connectivity index is 2.00. The number of hydrogen-bond donors (Lipinski definition) is 2. The van der Waals surface area contributed by atoms with Crippen LogP contribution in [0.15, 0.2) is 18.2 Å². The summed E-state index contributed by atoms with van der Waals surface area (Å²) in [6.45, 7) is 5.12. The Bertz CT molecular complexity index is 502. The van der Waals surface area contributed by atoms with Gasteiger partial charge >= 0.3 is 0 Å². The molecule has 0 aliphatic heterocycles. The van der Waals surface area contributed by atoms with Gasteiger partial charge < -0.3 is 11.1 Å². The van der Waals surface area contributed by atoms with E-state index in [-0.39, 0.29) is 11.9 Å². The Morgan fingerprint density at radius 2 is 2.24 bits per heavy atom. The van der Waals surface area contributed by atoms with E-state index < -0.39 is 0 Å². The van der Waals surface area contributed by atoms with Crippen molar-refractivity contribution in [3.05, 3.63) is 23.2 Å². The number of nitrogens with two attached hydrogens (primary N) is 1. The van der Waals surface area contributed by atoms with Crippen LogP contribution in [0, 0.1) is 0 Å². The van der Waals surface area contributed by atoms with E-state index >= 15 is 0 Å². The first-order chi connectivity index (χ1) is 10.0. The van der Waals surface area contributed by atoms with Crippen molar-refractivity contribution in [1.82, 2.24) is 4.90 Å². The number of anilines is 2. The highest BCUT2D eigenvalue weighted by atomic mass is 35.5. The highest BCUT2D eigenvalue weighted by Crippen LogP contribution is 2.30. The van der Waals surface area contributed by atoms with Crippen LogP contribution in [0.3, 0.4) is 0 Å². The van der Waals surface area contributed by atoms with Gasteiger partial charge in [-0.1, -0.05) is 24.9 Å². The fourth-order valence-corrected chi connectivity index (χ4v) is 2.66. The zero-order valence-electron chi connectivity index (χ0n) is 12.7. The van der Waals surface area contributed by atoms with Crippen molar-refractivity contribution in [3.8, 4) is 0 Å². The van der Waals surface area contributed by atoms with Crippen molar-refractivity contribution in [3.63, 3.8) is 0 Å². The molecule has 1 aromatic rings. The van der Waals surface area contributed by atoms with E-state index in [9.17, 15) is 4.79 Å². The monoisotopic (exact) mass is 309 g/mol. The zero-order chi connectivity index (χ0) is 15.4. The average Bonchev–Trinajstić information content (AvgIpc) is 3.26. The van der Waals surface area contributed by atoms with Gasteiger partial charge in [0.05, 0.1) is 17.4 Å². The molecular formula is C16H24ClN3O. The molecule has 5 heteroatoms. The van der Waals surface area contributed by atoms with E-state index in [0.29, 0.717) is 22.4 Å². The lowest BCUT2D eigenvalue weighted by molar-refractivity contribution is -0.121. The molecule has 0 bridgehead atoms. The van der Waals surface area contributed by atoms with Crippen LogP contribution in [0.2, 0.25) is 5.02 Å². The number of amides is 1. The number of unbranched alkanes of at least 4 members (excludes halogenated alkanes) is 1. The fraction of sp³-hybridized carbons (Fsp3) is 0.562. The minimum absolute atomic E-state index is 0.00738. The molecule has 1 saturated carbocycles. The molecule has 0 radical (unpaired) electrons. The van der Waals surface area contributed by atoms with Crippen molar-refractivity contribution < 1.29 is 4.79 Å². The molecule has 4 nitrogen and oxygen atoms in total. The molecule has 0 spiro atoms. The highest BCUT2D eigenvalue weighted by Gasteiger charge is 2.34. The summed E-state index contributed by atoms with van der Waals surface area (Å²) in [6, 6.07) is 5.56. The molecule has 2 rings (SSSR count). The maximum Gasteiger partial charge on any atom is 0.241 e. The number of nitrogen functional groups attached to an aromatic ring is 1. The fourth-order valence-electron chi connectivity index (χ4n) is 2.47. The number of hydrogen-bond acceptors (Lipinski definition) is 3. The van der Waals surface area contributed by atoms with Crippen molar-refractivity contribution in [2.24, 2.45) is 0 Å². The van der Waals surface area contributed by atoms with Crippen LogP contribution in [-0.4, -0.2) is 29.4 Å². The van der Waals surface area contributed by atoms with Gasteiger partial charge in [-0.3, -0.25) is 9.69 Å². The van der Waals surface area contributed by atoms with Crippen LogP contribution in [-0.2, 0) is 4.79 Å². The van der Waals surface area contributed by atoms with Crippen molar-refractivity contribution >= 4 is 28.9 Å². The third-order valence-electron chi connectivity index (χ3n) is 3.93. The number of halogens is 1. The molecule has 1 unspecified atom stereocenters. The maximum atomic E-state index is 12.4. The Morgan fingerprint density at radius 3 is 2.81 bits per heavy atom. The summed E-state index contributed by atoms with van der Waals surface area (Å²) < 4.78 is 0. The number of nitrogens with one attached hydrogen (secondary N) is 1. The summed E-state index contributed by atoms with van der Waals surface area (Å²) in [5.41, 5.74) is 7.01. The van der Waals surface area contributed by atoms with Gasteiger partial charge in [-0.2, -0.15) is 0 Å². The first-order valence-electron chi connectivity index (χ1n) is 7.64. The second kappa shape index (κ2) is 7.14. The van der Waals surface area contributed by atoms with E-state index in [4.69, 9.17) is 17.3 Å². The average molecular weight is 310 g/mol. The largest absolute Gasteiger partial charge is 0.397 e. The molecule has 1 aliphatic carbocycles. The summed E-state index contributed by atoms with van der Waals surface area (Å²) >= 11 is 5.87. The van der Waals surface area contributed by atoms with E-state index in [1.165, 1.54) is 12.8 Å². The van der Waals surface area contributed by atoms with Crippen LogP contribution < -0.4 is 11.1 Å². The van der Waals surface area contributed by atoms with Gasteiger partial charge in [-0.15, -0.1) is 0 Å². The van der Waals surface area contributed by atoms with Crippen LogP contribution in [0.4, 0.5) is 11.4 Å². The van der Waals surface area contributed by atoms with E-state index in [1.807, 2.05) is 6.92 Å². The maximum absolute atomic E-state index is 12.4. The molecule has 1 fully saturated rings. The molecular weight excluding hydrogens is 286 g/mol. The van der Waals surface area contributed by atoms with E-state index in [1.54, 1.807) is 18.2 Å². The van der Waals surface area contributed by atoms with Crippen molar-refractivity contribution in [1.29, 1.82) is 0 Å². The Labute approximate surface area is 131 Å². The van der Waals surface area contributed by atoms with E-state index in [2.05, 4.69) is 17.1 Å². The summed E-state index contributed by atoms with van der Waals surface area (Å²) in [4.78, 5) is 14.8. The van der Waals surface area contributed by atoms with Gasteiger partial charge in [0.2, 0.25) is 5.91 Å². The first-order valence-corrected chi connectivity index (χ1v) is 8.02.